The molecule has 2 aromatic carbocycles. The predicted octanol–water partition coefficient (Wildman–Crippen LogP) is 3.53. The van der Waals surface area contributed by atoms with Crippen molar-refractivity contribution in [3.63, 3.8) is 0 Å². The molecule has 0 aliphatic rings. The number of hydrazine groups is 1. The highest BCUT2D eigenvalue weighted by Gasteiger charge is 2.11. The van der Waals surface area contributed by atoms with E-state index < -0.39 is 0 Å². The zero-order valence-electron chi connectivity index (χ0n) is 12.8. The van der Waals surface area contributed by atoms with Gasteiger partial charge in [0.15, 0.2) is 0 Å². The van der Waals surface area contributed by atoms with Gasteiger partial charge in [-0.3, -0.25) is 11.3 Å². The average molecular weight is 284 g/mol. The molecule has 0 saturated heterocycles. The van der Waals surface area contributed by atoms with Gasteiger partial charge in [0.2, 0.25) is 0 Å². The van der Waals surface area contributed by atoms with Gasteiger partial charge in [-0.05, 0) is 43.0 Å². The molecule has 2 aromatic rings. The summed E-state index contributed by atoms with van der Waals surface area (Å²) in [4.78, 5) is 0. The second kappa shape index (κ2) is 7.81. The Morgan fingerprint density at radius 1 is 1.14 bits per heavy atom. The SMILES string of the molecule is CCCOc1cccc(C(Cc2ccc(C)cc2)NN)c1. The summed E-state index contributed by atoms with van der Waals surface area (Å²) in [7, 11) is 0. The van der Waals surface area contributed by atoms with Gasteiger partial charge in [0.05, 0.1) is 12.6 Å². The van der Waals surface area contributed by atoms with Gasteiger partial charge in [0.1, 0.15) is 5.75 Å². The van der Waals surface area contributed by atoms with Gasteiger partial charge in [-0.15, -0.1) is 0 Å². The quantitative estimate of drug-likeness (QED) is 0.604. The number of aryl methyl sites for hydroxylation is 1. The summed E-state index contributed by atoms with van der Waals surface area (Å²) < 4.78 is 5.69. The van der Waals surface area contributed by atoms with Crippen molar-refractivity contribution in [2.45, 2.75) is 32.7 Å². The molecule has 2 rings (SSSR count). The molecule has 0 heterocycles. The number of rotatable bonds is 7. The maximum absolute atomic E-state index is 5.74. The zero-order chi connectivity index (χ0) is 15.1. The van der Waals surface area contributed by atoms with E-state index in [2.05, 4.69) is 55.7 Å². The lowest BCUT2D eigenvalue weighted by atomic mass is 9.98. The van der Waals surface area contributed by atoms with Crippen molar-refractivity contribution in [1.82, 2.24) is 5.43 Å². The van der Waals surface area contributed by atoms with Crippen LogP contribution in [0.25, 0.3) is 0 Å². The molecule has 3 heteroatoms. The average Bonchev–Trinajstić information content (AvgIpc) is 2.52. The molecule has 1 unspecified atom stereocenters. The van der Waals surface area contributed by atoms with Gasteiger partial charge in [-0.25, -0.2) is 0 Å². The monoisotopic (exact) mass is 284 g/mol. The molecule has 0 radical (unpaired) electrons. The van der Waals surface area contributed by atoms with Crippen molar-refractivity contribution in [2.24, 2.45) is 5.84 Å². The van der Waals surface area contributed by atoms with Crippen molar-refractivity contribution in [3.05, 3.63) is 65.2 Å². The van der Waals surface area contributed by atoms with Gasteiger partial charge < -0.3 is 4.74 Å². The topological polar surface area (TPSA) is 47.3 Å². The number of ether oxygens (including phenoxy) is 1. The van der Waals surface area contributed by atoms with Gasteiger partial charge in [-0.2, -0.15) is 0 Å². The summed E-state index contributed by atoms with van der Waals surface area (Å²) in [6, 6.07) is 16.8. The van der Waals surface area contributed by atoms with Gasteiger partial charge >= 0.3 is 0 Å². The molecular formula is C18H24N2O. The zero-order valence-corrected chi connectivity index (χ0v) is 12.8. The molecule has 3 N–H and O–H groups in total. The predicted molar refractivity (Wildman–Crippen MR) is 87.2 cm³/mol. The highest BCUT2D eigenvalue weighted by atomic mass is 16.5. The van der Waals surface area contributed by atoms with Crippen LogP contribution in [0.3, 0.4) is 0 Å². The van der Waals surface area contributed by atoms with Crippen LogP contribution in [0.15, 0.2) is 48.5 Å². The molecule has 1 atom stereocenters. The minimum Gasteiger partial charge on any atom is -0.494 e. The van der Waals surface area contributed by atoms with Gasteiger partial charge in [-0.1, -0.05) is 48.9 Å². The minimum atomic E-state index is 0.0814. The lowest BCUT2D eigenvalue weighted by molar-refractivity contribution is 0.316. The fourth-order valence-electron chi connectivity index (χ4n) is 2.27. The maximum Gasteiger partial charge on any atom is 0.119 e. The maximum atomic E-state index is 5.74. The van der Waals surface area contributed by atoms with E-state index in [1.54, 1.807) is 0 Å². The third-order valence-electron chi connectivity index (χ3n) is 3.49. The molecule has 0 saturated carbocycles. The molecule has 0 aliphatic heterocycles. The van der Waals surface area contributed by atoms with Gasteiger partial charge in [0.25, 0.3) is 0 Å². The van der Waals surface area contributed by atoms with E-state index in [-0.39, 0.29) is 6.04 Å². The van der Waals surface area contributed by atoms with Crippen LogP contribution < -0.4 is 16.0 Å². The largest absolute Gasteiger partial charge is 0.494 e. The van der Waals surface area contributed by atoms with Crippen LogP contribution >= 0.6 is 0 Å². The number of nitrogens with one attached hydrogen (secondary N) is 1. The van der Waals surface area contributed by atoms with Crippen LogP contribution in [0.4, 0.5) is 0 Å². The molecule has 0 amide bonds. The number of hydrogen-bond acceptors (Lipinski definition) is 3. The van der Waals surface area contributed by atoms with Crippen LogP contribution in [-0.2, 0) is 6.42 Å². The van der Waals surface area contributed by atoms with Crippen LogP contribution in [0, 0.1) is 6.92 Å². The molecule has 112 valence electrons. The fraction of sp³-hybridized carbons (Fsp3) is 0.333. The fourth-order valence-corrected chi connectivity index (χ4v) is 2.27. The highest BCUT2D eigenvalue weighted by molar-refractivity contribution is 5.32. The number of hydrogen-bond donors (Lipinski definition) is 2. The smallest absolute Gasteiger partial charge is 0.119 e. The minimum absolute atomic E-state index is 0.0814. The molecule has 0 fully saturated rings. The first-order chi connectivity index (χ1) is 10.2. The van der Waals surface area contributed by atoms with E-state index in [1.165, 1.54) is 11.1 Å². The number of nitrogens with two attached hydrogens (primary N) is 1. The second-order valence-electron chi connectivity index (χ2n) is 5.33. The lowest BCUT2D eigenvalue weighted by Crippen LogP contribution is -2.29. The third kappa shape index (κ3) is 4.59. The molecule has 0 aromatic heterocycles. The first kappa shape index (κ1) is 15.5. The highest BCUT2D eigenvalue weighted by Crippen LogP contribution is 2.22. The van der Waals surface area contributed by atoms with E-state index >= 15 is 0 Å². The van der Waals surface area contributed by atoms with Crippen LogP contribution in [0.2, 0.25) is 0 Å². The Balaban J connectivity index is 2.11. The Bertz CT molecular complexity index is 551. The van der Waals surface area contributed by atoms with Crippen LogP contribution in [0.5, 0.6) is 5.75 Å². The molecule has 0 bridgehead atoms. The first-order valence-corrected chi connectivity index (χ1v) is 7.47. The summed E-state index contributed by atoms with van der Waals surface area (Å²) in [6.07, 6.45) is 1.86. The van der Waals surface area contributed by atoms with Crippen molar-refractivity contribution in [2.75, 3.05) is 6.61 Å². The third-order valence-corrected chi connectivity index (χ3v) is 3.49. The summed E-state index contributed by atoms with van der Waals surface area (Å²) in [5.41, 5.74) is 6.59. The number of benzene rings is 2. The van der Waals surface area contributed by atoms with E-state index in [4.69, 9.17) is 10.6 Å². The van der Waals surface area contributed by atoms with Gasteiger partial charge in [0, 0.05) is 0 Å². The van der Waals surface area contributed by atoms with Crippen LogP contribution in [-0.4, -0.2) is 6.61 Å². The van der Waals surface area contributed by atoms with E-state index in [0.717, 1.165) is 30.8 Å². The second-order valence-corrected chi connectivity index (χ2v) is 5.33. The molecule has 21 heavy (non-hydrogen) atoms. The molecule has 3 nitrogen and oxygen atoms in total. The lowest BCUT2D eigenvalue weighted by Gasteiger charge is -2.17. The van der Waals surface area contributed by atoms with E-state index in [9.17, 15) is 0 Å². The van der Waals surface area contributed by atoms with Crippen molar-refractivity contribution >= 4 is 0 Å². The Kier molecular flexibility index (Phi) is 5.78. The normalized spacial score (nSPS) is 12.1. The summed E-state index contributed by atoms with van der Waals surface area (Å²) in [5.74, 6) is 6.64. The first-order valence-electron chi connectivity index (χ1n) is 7.47. The summed E-state index contributed by atoms with van der Waals surface area (Å²) in [5, 5.41) is 0. The van der Waals surface area contributed by atoms with Crippen LogP contribution in [0.1, 0.15) is 36.1 Å². The van der Waals surface area contributed by atoms with Crippen molar-refractivity contribution in [3.8, 4) is 5.75 Å². The Morgan fingerprint density at radius 3 is 2.57 bits per heavy atom. The summed E-state index contributed by atoms with van der Waals surface area (Å²) >= 11 is 0. The Morgan fingerprint density at radius 2 is 1.90 bits per heavy atom. The van der Waals surface area contributed by atoms with E-state index in [0.29, 0.717) is 0 Å². The molecule has 0 spiro atoms. The molecular weight excluding hydrogens is 260 g/mol. The van der Waals surface area contributed by atoms with Crippen molar-refractivity contribution < 1.29 is 4.74 Å². The standard InChI is InChI=1S/C18H24N2O/c1-3-11-21-17-6-4-5-16(13-17)18(20-19)12-15-9-7-14(2)8-10-15/h4-10,13,18,20H,3,11-12,19H2,1-2H3. The Labute approximate surface area is 127 Å². The molecule has 0 aliphatic carbocycles. The van der Waals surface area contributed by atoms with Crippen molar-refractivity contribution in [1.29, 1.82) is 0 Å². The summed E-state index contributed by atoms with van der Waals surface area (Å²) in [6.45, 7) is 4.94. The Hall–Kier alpha value is -1.84. The van der Waals surface area contributed by atoms with E-state index in [1.807, 2.05) is 12.1 Å².